The van der Waals surface area contributed by atoms with Gasteiger partial charge in [0.15, 0.2) is 0 Å². The highest BCUT2D eigenvalue weighted by Crippen LogP contribution is 2.19. The second-order valence-electron chi connectivity index (χ2n) is 6.57. The molecule has 1 amide bonds. The summed E-state index contributed by atoms with van der Waals surface area (Å²) in [4.78, 5) is 14.2. The molecule has 1 saturated heterocycles. The van der Waals surface area contributed by atoms with Gasteiger partial charge in [0, 0.05) is 25.7 Å². The van der Waals surface area contributed by atoms with Gasteiger partial charge in [-0.3, -0.25) is 4.79 Å². The van der Waals surface area contributed by atoms with Crippen molar-refractivity contribution in [2.24, 2.45) is 0 Å². The van der Waals surface area contributed by atoms with Crippen LogP contribution in [-0.4, -0.2) is 70.0 Å². The van der Waals surface area contributed by atoms with E-state index in [1.54, 1.807) is 19.2 Å². The Balaban J connectivity index is 1.62. The van der Waals surface area contributed by atoms with Gasteiger partial charge < -0.3 is 14.4 Å². The average Bonchev–Trinajstić information content (AvgIpc) is 2.75. The Kier molecular flexibility index (Phi) is 6.83. The van der Waals surface area contributed by atoms with Crippen LogP contribution in [0.15, 0.2) is 53.4 Å². The zero-order valence-corrected chi connectivity index (χ0v) is 16.9. The number of sulfonamides is 1. The van der Waals surface area contributed by atoms with E-state index in [2.05, 4.69) is 0 Å². The maximum atomic E-state index is 12.9. The molecule has 0 unspecified atom stereocenters. The number of amides is 1. The first-order chi connectivity index (χ1) is 13.9. The molecule has 1 aliphatic heterocycles. The number of rotatable bonds is 7. The lowest BCUT2D eigenvalue weighted by molar-refractivity contribution is 0.0730. The van der Waals surface area contributed by atoms with E-state index in [0.29, 0.717) is 32.1 Å². The number of hydrogen-bond acceptors (Lipinski definition) is 5. The van der Waals surface area contributed by atoms with Crippen LogP contribution in [0.5, 0.6) is 5.75 Å². The van der Waals surface area contributed by atoms with E-state index in [9.17, 15) is 17.6 Å². The van der Waals surface area contributed by atoms with Gasteiger partial charge in [-0.15, -0.1) is 0 Å². The first-order valence-corrected chi connectivity index (χ1v) is 10.6. The molecule has 1 heterocycles. The monoisotopic (exact) mass is 422 g/mol. The fraction of sp³-hybridized carbons (Fsp3) is 0.350. The summed E-state index contributed by atoms with van der Waals surface area (Å²) >= 11 is 0. The number of halogens is 1. The Morgan fingerprint density at radius 1 is 1.17 bits per heavy atom. The van der Waals surface area contributed by atoms with E-state index in [1.807, 2.05) is 0 Å². The fourth-order valence-corrected chi connectivity index (χ4v) is 4.33. The third kappa shape index (κ3) is 5.31. The van der Waals surface area contributed by atoms with Crippen LogP contribution in [0.4, 0.5) is 4.39 Å². The standard InChI is InChI=1S/C20H23FN2O5S/c1-22(9-14-28-18-7-5-17(21)6-8-18)20(24)16-3-2-4-19(15-16)29(25,26)23-10-12-27-13-11-23/h2-8,15H,9-14H2,1H3. The van der Waals surface area contributed by atoms with Crippen molar-refractivity contribution in [3.8, 4) is 5.75 Å². The molecule has 0 aromatic heterocycles. The predicted octanol–water partition coefficient (Wildman–Crippen LogP) is 2.00. The molecule has 1 fully saturated rings. The first kappa shape index (κ1) is 21.2. The number of morpholine rings is 1. The lowest BCUT2D eigenvalue weighted by Gasteiger charge is -2.26. The van der Waals surface area contributed by atoms with E-state index in [1.165, 1.54) is 45.6 Å². The zero-order chi connectivity index (χ0) is 20.9. The molecule has 0 spiro atoms. The summed E-state index contributed by atoms with van der Waals surface area (Å²) in [6, 6.07) is 11.6. The minimum atomic E-state index is -3.67. The van der Waals surface area contributed by atoms with Crippen LogP contribution < -0.4 is 4.74 Å². The van der Waals surface area contributed by atoms with Crippen LogP contribution in [0, 0.1) is 5.82 Å². The van der Waals surface area contributed by atoms with Gasteiger partial charge in [-0.2, -0.15) is 4.31 Å². The summed E-state index contributed by atoms with van der Waals surface area (Å²) in [5, 5.41) is 0. The molecule has 0 atom stereocenters. The van der Waals surface area contributed by atoms with Crippen molar-refractivity contribution in [2.45, 2.75) is 4.90 Å². The van der Waals surface area contributed by atoms with Crippen LogP contribution >= 0.6 is 0 Å². The van der Waals surface area contributed by atoms with Gasteiger partial charge in [-0.05, 0) is 42.5 Å². The van der Waals surface area contributed by atoms with Gasteiger partial charge in [0.2, 0.25) is 10.0 Å². The molecule has 0 radical (unpaired) electrons. The number of hydrogen-bond donors (Lipinski definition) is 0. The molecule has 3 rings (SSSR count). The van der Waals surface area contributed by atoms with Gasteiger partial charge in [0.25, 0.3) is 5.91 Å². The topological polar surface area (TPSA) is 76.2 Å². The highest BCUT2D eigenvalue weighted by Gasteiger charge is 2.27. The molecule has 0 bridgehead atoms. The second-order valence-corrected chi connectivity index (χ2v) is 8.51. The van der Waals surface area contributed by atoms with E-state index >= 15 is 0 Å². The summed E-state index contributed by atoms with van der Waals surface area (Å²) in [5.74, 6) is -0.158. The Bertz CT molecular complexity index is 944. The van der Waals surface area contributed by atoms with E-state index in [-0.39, 0.29) is 35.3 Å². The number of carbonyl (C=O) groups is 1. The number of ether oxygens (including phenoxy) is 2. The smallest absolute Gasteiger partial charge is 0.253 e. The quantitative estimate of drug-likeness (QED) is 0.682. The highest BCUT2D eigenvalue weighted by molar-refractivity contribution is 7.89. The molecule has 0 aliphatic carbocycles. The van der Waals surface area contributed by atoms with Crippen molar-refractivity contribution in [3.05, 3.63) is 59.9 Å². The molecule has 29 heavy (non-hydrogen) atoms. The Labute approximate surface area is 169 Å². The maximum absolute atomic E-state index is 12.9. The molecule has 7 nitrogen and oxygen atoms in total. The Morgan fingerprint density at radius 3 is 2.55 bits per heavy atom. The molecule has 2 aromatic carbocycles. The largest absolute Gasteiger partial charge is 0.492 e. The van der Waals surface area contributed by atoms with Crippen molar-refractivity contribution < 1.29 is 27.1 Å². The van der Waals surface area contributed by atoms with Gasteiger partial charge in [-0.25, -0.2) is 12.8 Å². The van der Waals surface area contributed by atoms with Crippen LogP contribution in [0.1, 0.15) is 10.4 Å². The van der Waals surface area contributed by atoms with Gasteiger partial charge in [-0.1, -0.05) is 6.07 Å². The maximum Gasteiger partial charge on any atom is 0.253 e. The number of benzene rings is 2. The van der Waals surface area contributed by atoms with Gasteiger partial charge in [0.1, 0.15) is 18.2 Å². The van der Waals surface area contributed by atoms with Gasteiger partial charge >= 0.3 is 0 Å². The van der Waals surface area contributed by atoms with Crippen LogP contribution in [-0.2, 0) is 14.8 Å². The van der Waals surface area contributed by atoms with E-state index in [4.69, 9.17) is 9.47 Å². The van der Waals surface area contributed by atoms with Gasteiger partial charge in [0.05, 0.1) is 24.7 Å². The van der Waals surface area contributed by atoms with Crippen molar-refractivity contribution in [1.29, 1.82) is 0 Å². The molecule has 1 aliphatic rings. The molecule has 0 N–H and O–H groups in total. The second kappa shape index (κ2) is 9.34. The SMILES string of the molecule is CN(CCOc1ccc(F)cc1)C(=O)c1cccc(S(=O)(=O)N2CCOCC2)c1. The third-order valence-corrected chi connectivity index (χ3v) is 6.44. The normalized spacial score (nSPS) is 15.1. The van der Waals surface area contributed by atoms with Crippen LogP contribution in [0.3, 0.4) is 0 Å². The Morgan fingerprint density at radius 2 is 1.86 bits per heavy atom. The molecular weight excluding hydrogens is 399 g/mol. The van der Waals surface area contributed by atoms with E-state index in [0.717, 1.165) is 0 Å². The van der Waals surface area contributed by atoms with Crippen molar-refractivity contribution in [2.75, 3.05) is 46.5 Å². The number of carbonyl (C=O) groups excluding carboxylic acids is 1. The molecule has 9 heteroatoms. The number of nitrogens with zero attached hydrogens (tertiary/aromatic N) is 2. The zero-order valence-electron chi connectivity index (χ0n) is 16.1. The van der Waals surface area contributed by atoms with Crippen molar-refractivity contribution in [3.63, 3.8) is 0 Å². The summed E-state index contributed by atoms with van der Waals surface area (Å²) in [5.41, 5.74) is 0.281. The van der Waals surface area contributed by atoms with Crippen LogP contribution in [0.2, 0.25) is 0 Å². The average molecular weight is 422 g/mol. The molecular formula is C20H23FN2O5S. The third-order valence-electron chi connectivity index (χ3n) is 4.54. The summed E-state index contributed by atoms with van der Waals surface area (Å²) in [6.45, 7) is 1.81. The minimum Gasteiger partial charge on any atom is -0.492 e. The first-order valence-electron chi connectivity index (χ1n) is 9.20. The minimum absolute atomic E-state index is 0.0845. The number of likely N-dealkylation sites (N-methyl/N-ethyl adjacent to an activating group) is 1. The molecule has 156 valence electrons. The van der Waals surface area contributed by atoms with Crippen molar-refractivity contribution in [1.82, 2.24) is 9.21 Å². The summed E-state index contributed by atoms with van der Waals surface area (Å²) in [6.07, 6.45) is 0. The van der Waals surface area contributed by atoms with Crippen LogP contribution in [0.25, 0.3) is 0 Å². The lowest BCUT2D eigenvalue weighted by atomic mass is 10.2. The summed E-state index contributed by atoms with van der Waals surface area (Å²) in [7, 11) is -2.06. The Hall–Kier alpha value is -2.49. The lowest BCUT2D eigenvalue weighted by Crippen LogP contribution is -2.40. The molecule has 2 aromatic rings. The summed E-state index contributed by atoms with van der Waals surface area (Å²) < 4.78 is 50.5. The molecule has 0 saturated carbocycles. The van der Waals surface area contributed by atoms with Crippen molar-refractivity contribution >= 4 is 15.9 Å². The fourth-order valence-electron chi connectivity index (χ4n) is 2.88. The van der Waals surface area contributed by atoms with E-state index < -0.39 is 10.0 Å². The highest BCUT2D eigenvalue weighted by atomic mass is 32.2. The predicted molar refractivity (Wildman–Crippen MR) is 105 cm³/mol.